The van der Waals surface area contributed by atoms with Gasteiger partial charge in [-0.3, -0.25) is 0 Å². The lowest BCUT2D eigenvalue weighted by Gasteiger charge is -2.35. The third-order valence-electron chi connectivity index (χ3n) is 2.37. The van der Waals surface area contributed by atoms with E-state index >= 15 is 0 Å². The van der Waals surface area contributed by atoms with Crippen LogP contribution < -0.4 is 0 Å². The van der Waals surface area contributed by atoms with Gasteiger partial charge in [-0.25, -0.2) is 0 Å². The molecule has 4 heteroatoms. The van der Waals surface area contributed by atoms with Crippen molar-refractivity contribution in [2.24, 2.45) is 11.8 Å². The van der Waals surface area contributed by atoms with Crippen LogP contribution in [0.3, 0.4) is 0 Å². The monoisotopic (exact) mass is 178 g/mol. The number of hydrogen-bond acceptors (Lipinski definition) is 3. The summed E-state index contributed by atoms with van der Waals surface area (Å²) in [5, 5.41) is 9.54. The Balaban J connectivity index is 2.52. The van der Waals surface area contributed by atoms with Gasteiger partial charge in [-0.15, -0.1) is 0 Å². The molecule has 1 rings (SSSR count). The van der Waals surface area contributed by atoms with Crippen molar-refractivity contribution in [1.29, 1.82) is 0 Å². The van der Waals surface area contributed by atoms with Crippen LogP contribution in [0.15, 0.2) is 0 Å². The van der Waals surface area contributed by atoms with Gasteiger partial charge in [0.05, 0.1) is 6.61 Å². The molecule has 0 aromatic heterocycles. The number of ether oxygens (including phenoxy) is 1. The molecule has 0 amide bonds. The number of aliphatic hydroxyl groups is 1. The lowest BCUT2D eigenvalue weighted by atomic mass is 9.89. The molecule has 1 saturated heterocycles. The van der Waals surface area contributed by atoms with Crippen LogP contribution in [0.1, 0.15) is 13.8 Å². The first-order valence-corrected chi connectivity index (χ1v) is 4.29. The third kappa shape index (κ3) is 1.91. The van der Waals surface area contributed by atoms with E-state index in [-0.39, 0.29) is 5.92 Å². The second-order valence-corrected chi connectivity index (χ2v) is 3.44. The maximum absolute atomic E-state index is 9.54. The highest BCUT2D eigenvalue weighted by Crippen LogP contribution is 2.26. The molecular formula is C7H15O3P. The molecule has 1 N–H and O–H groups in total. The summed E-state index contributed by atoms with van der Waals surface area (Å²) in [4.78, 5) is 0. The molecule has 0 saturated carbocycles. The zero-order valence-corrected chi connectivity index (χ0v) is 8.01. The van der Waals surface area contributed by atoms with E-state index in [0.29, 0.717) is 12.5 Å². The first-order valence-electron chi connectivity index (χ1n) is 3.82. The van der Waals surface area contributed by atoms with Crippen molar-refractivity contribution in [3.05, 3.63) is 0 Å². The minimum Gasteiger partial charge on any atom is -0.388 e. The smallest absolute Gasteiger partial charge is 0.186 e. The van der Waals surface area contributed by atoms with Crippen LogP contribution in [-0.2, 0) is 9.26 Å². The normalized spacial score (nSPS) is 45.8. The van der Waals surface area contributed by atoms with E-state index in [0.717, 1.165) is 0 Å². The van der Waals surface area contributed by atoms with Crippen LogP contribution in [0.2, 0.25) is 0 Å². The minimum atomic E-state index is -0.503. The molecule has 11 heavy (non-hydrogen) atoms. The van der Waals surface area contributed by atoms with Crippen molar-refractivity contribution in [2.45, 2.75) is 26.2 Å². The summed E-state index contributed by atoms with van der Waals surface area (Å²) in [5.74, 6) is 0.649. The number of rotatable bonds is 1. The summed E-state index contributed by atoms with van der Waals surface area (Å²) in [5.41, 5.74) is 0. The van der Waals surface area contributed by atoms with Crippen LogP contribution >= 0.6 is 9.47 Å². The summed E-state index contributed by atoms with van der Waals surface area (Å²) >= 11 is 0. The van der Waals surface area contributed by atoms with Gasteiger partial charge in [-0.1, -0.05) is 13.8 Å². The largest absolute Gasteiger partial charge is 0.388 e. The molecule has 0 spiro atoms. The Morgan fingerprint density at radius 2 is 2.18 bits per heavy atom. The molecule has 0 aromatic rings. The van der Waals surface area contributed by atoms with Gasteiger partial charge in [0.2, 0.25) is 0 Å². The van der Waals surface area contributed by atoms with E-state index in [2.05, 4.69) is 16.4 Å². The highest BCUT2D eigenvalue weighted by molar-refractivity contribution is 7.09. The third-order valence-corrected chi connectivity index (χ3v) is 2.64. The van der Waals surface area contributed by atoms with Crippen molar-refractivity contribution in [3.63, 3.8) is 0 Å². The molecule has 5 atom stereocenters. The highest BCUT2D eigenvalue weighted by Gasteiger charge is 2.34. The lowest BCUT2D eigenvalue weighted by Crippen LogP contribution is -2.44. The predicted octanol–water partition coefficient (Wildman–Crippen LogP) is 0.782. The molecule has 1 aliphatic heterocycles. The van der Waals surface area contributed by atoms with E-state index < -0.39 is 12.4 Å². The first-order chi connectivity index (χ1) is 5.16. The SMILES string of the molecule is C[C@H]1[C@@H](C)COC(OP)[C@@H]1O. The minimum absolute atomic E-state index is 0.245. The highest BCUT2D eigenvalue weighted by atomic mass is 31.0. The second-order valence-electron chi connectivity index (χ2n) is 3.16. The molecule has 3 nitrogen and oxygen atoms in total. The van der Waals surface area contributed by atoms with Gasteiger partial charge in [0, 0.05) is 9.47 Å². The molecule has 0 aromatic carbocycles. The number of aliphatic hydroxyl groups excluding tert-OH is 1. The van der Waals surface area contributed by atoms with Gasteiger partial charge in [0.25, 0.3) is 0 Å². The fourth-order valence-electron chi connectivity index (χ4n) is 1.20. The van der Waals surface area contributed by atoms with Gasteiger partial charge < -0.3 is 14.4 Å². The Bertz CT molecular complexity index is 129. The van der Waals surface area contributed by atoms with Crippen LogP contribution in [0.5, 0.6) is 0 Å². The summed E-state index contributed by atoms with van der Waals surface area (Å²) in [6.07, 6.45) is -0.970. The van der Waals surface area contributed by atoms with Crippen LogP contribution in [-0.4, -0.2) is 24.1 Å². The Labute approximate surface area is 69.4 Å². The van der Waals surface area contributed by atoms with E-state index in [1.807, 2.05) is 6.92 Å². The maximum atomic E-state index is 9.54. The maximum Gasteiger partial charge on any atom is 0.186 e. The zero-order chi connectivity index (χ0) is 8.43. The van der Waals surface area contributed by atoms with Gasteiger partial charge in [0.15, 0.2) is 6.29 Å². The van der Waals surface area contributed by atoms with Crippen molar-refractivity contribution >= 4 is 9.47 Å². The predicted molar refractivity (Wildman–Crippen MR) is 44.9 cm³/mol. The van der Waals surface area contributed by atoms with Crippen molar-refractivity contribution in [3.8, 4) is 0 Å². The van der Waals surface area contributed by atoms with Crippen molar-refractivity contribution in [2.75, 3.05) is 6.61 Å². The fourth-order valence-corrected chi connectivity index (χ4v) is 1.44. The standard InChI is InChI=1S/C7H15O3P/c1-4-3-9-7(10-11)6(8)5(4)2/h4-8H,3,11H2,1-2H3/t4-,5-,6+,7?/m0/s1. The summed E-state index contributed by atoms with van der Waals surface area (Å²) in [7, 11) is 2.11. The van der Waals surface area contributed by atoms with Crippen molar-refractivity contribution < 1.29 is 14.4 Å². The van der Waals surface area contributed by atoms with Crippen LogP contribution in [0.4, 0.5) is 0 Å². The molecular weight excluding hydrogens is 163 g/mol. The Kier molecular flexibility index (Phi) is 3.26. The van der Waals surface area contributed by atoms with E-state index in [1.165, 1.54) is 0 Å². The quantitative estimate of drug-likeness (QED) is 0.603. The fraction of sp³-hybridized carbons (Fsp3) is 1.00. The molecule has 1 aliphatic rings. The topological polar surface area (TPSA) is 38.7 Å². The van der Waals surface area contributed by atoms with Gasteiger partial charge in [0.1, 0.15) is 6.10 Å². The molecule has 0 radical (unpaired) electrons. The van der Waals surface area contributed by atoms with Gasteiger partial charge in [-0.2, -0.15) is 0 Å². The first kappa shape index (κ1) is 9.40. The summed E-state index contributed by atoms with van der Waals surface area (Å²) in [6.45, 7) is 4.73. The summed E-state index contributed by atoms with van der Waals surface area (Å²) in [6, 6.07) is 0. The molecule has 2 unspecified atom stereocenters. The number of hydrogen-bond donors (Lipinski definition) is 1. The van der Waals surface area contributed by atoms with E-state index in [1.54, 1.807) is 0 Å². The van der Waals surface area contributed by atoms with Gasteiger partial charge >= 0.3 is 0 Å². The second kappa shape index (κ2) is 3.81. The average Bonchev–Trinajstić information content (AvgIpc) is 2.01. The molecule has 66 valence electrons. The van der Waals surface area contributed by atoms with Crippen LogP contribution in [0, 0.1) is 11.8 Å². The Morgan fingerprint density at radius 1 is 1.55 bits per heavy atom. The molecule has 1 heterocycles. The van der Waals surface area contributed by atoms with E-state index in [4.69, 9.17) is 9.26 Å². The summed E-state index contributed by atoms with van der Waals surface area (Å²) < 4.78 is 10.1. The average molecular weight is 178 g/mol. The van der Waals surface area contributed by atoms with E-state index in [9.17, 15) is 5.11 Å². The zero-order valence-electron chi connectivity index (χ0n) is 6.86. The lowest BCUT2D eigenvalue weighted by molar-refractivity contribution is -0.200. The Morgan fingerprint density at radius 3 is 2.73 bits per heavy atom. The Hall–Kier alpha value is 0.310. The van der Waals surface area contributed by atoms with Gasteiger partial charge in [-0.05, 0) is 11.8 Å². The van der Waals surface area contributed by atoms with Crippen LogP contribution in [0.25, 0.3) is 0 Å². The molecule has 0 aliphatic carbocycles. The molecule has 0 bridgehead atoms. The molecule has 1 fully saturated rings. The van der Waals surface area contributed by atoms with Crippen molar-refractivity contribution in [1.82, 2.24) is 0 Å².